The molecular weight excluding hydrogens is 284 g/mol. The van der Waals surface area contributed by atoms with Crippen LogP contribution in [0, 0.1) is 5.92 Å². The van der Waals surface area contributed by atoms with E-state index >= 15 is 0 Å². The van der Waals surface area contributed by atoms with Crippen LogP contribution in [-0.4, -0.2) is 77.7 Å². The molecule has 3 amide bonds. The first-order chi connectivity index (χ1) is 10.4. The van der Waals surface area contributed by atoms with Crippen molar-refractivity contribution in [2.75, 3.05) is 39.3 Å². The van der Waals surface area contributed by atoms with Gasteiger partial charge in [0, 0.05) is 38.8 Å². The lowest BCUT2D eigenvalue weighted by Gasteiger charge is -2.37. The number of hydrogen-bond acceptors (Lipinski definition) is 4. The van der Waals surface area contributed by atoms with Crippen LogP contribution in [0.3, 0.4) is 0 Å². The molecule has 0 aliphatic carbocycles. The van der Waals surface area contributed by atoms with Gasteiger partial charge in [0.15, 0.2) is 0 Å². The van der Waals surface area contributed by atoms with Crippen LogP contribution in [0.2, 0.25) is 0 Å². The van der Waals surface area contributed by atoms with Crippen LogP contribution < -0.4 is 5.73 Å². The maximum absolute atomic E-state index is 12.4. The SMILES string of the molecule is CCN1CCN(CC(=O)N2CCCC(C(C)N)C2)C(=O)C1=O. The molecule has 0 saturated carbocycles. The van der Waals surface area contributed by atoms with Crippen LogP contribution in [0.25, 0.3) is 0 Å². The molecule has 7 heteroatoms. The summed E-state index contributed by atoms with van der Waals surface area (Å²) in [6.45, 7) is 6.60. The zero-order valence-electron chi connectivity index (χ0n) is 13.5. The number of carbonyl (C=O) groups is 3. The Bertz CT molecular complexity index is 452. The summed E-state index contributed by atoms with van der Waals surface area (Å²) >= 11 is 0. The Morgan fingerprint density at radius 2 is 1.86 bits per heavy atom. The molecule has 2 N–H and O–H groups in total. The summed E-state index contributed by atoms with van der Waals surface area (Å²) in [6, 6.07) is 0.0620. The zero-order valence-corrected chi connectivity index (χ0v) is 13.5. The van der Waals surface area contributed by atoms with E-state index in [1.807, 2.05) is 13.8 Å². The number of nitrogens with zero attached hydrogens (tertiary/aromatic N) is 3. The monoisotopic (exact) mass is 310 g/mol. The Morgan fingerprint density at radius 1 is 1.23 bits per heavy atom. The number of nitrogens with two attached hydrogens (primary N) is 1. The summed E-state index contributed by atoms with van der Waals surface area (Å²) in [4.78, 5) is 40.9. The van der Waals surface area contributed by atoms with Crippen LogP contribution in [0.5, 0.6) is 0 Å². The van der Waals surface area contributed by atoms with Crippen molar-refractivity contribution in [2.24, 2.45) is 11.7 Å². The lowest BCUT2D eigenvalue weighted by Crippen LogP contribution is -2.57. The largest absolute Gasteiger partial charge is 0.341 e. The second-order valence-electron chi connectivity index (χ2n) is 6.21. The highest BCUT2D eigenvalue weighted by molar-refractivity contribution is 6.35. The van der Waals surface area contributed by atoms with Crippen molar-refractivity contribution >= 4 is 17.7 Å². The molecular formula is C15H26N4O3. The van der Waals surface area contributed by atoms with Crippen molar-refractivity contribution in [3.63, 3.8) is 0 Å². The molecule has 0 radical (unpaired) electrons. The molecule has 2 fully saturated rings. The quantitative estimate of drug-likeness (QED) is 0.693. The fourth-order valence-corrected chi connectivity index (χ4v) is 3.10. The molecule has 2 heterocycles. The normalized spacial score (nSPS) is 24.7. The predicted molar refractivity (Wildman–Crippen MR) is 81.8 cm³/mol. The van der Waals surface area contributed by atoms with E-state index in [2.05, 4.69) is 0 Å². The second-order valence-corrected chi connectivity index (χ2v) is 6.21. The van der Waals surface area contributed by atoms with Gasteiger partial charge in [0.2, 0.25) is 5.91 Å². The molecule has 2 saturated heterocycles. The Labute approximate surface area is 131 Å². The Hall–Kier alpha value is -1.63. The molecule has 0 spiro atoms. The summed E-state index contributed by atoms with van der Waals surface area (Å²) < 4.78 is 0. The third kappa shape index (κ3) is 3.58. The number of piperidine rings is 1. The van der Waals surface area contributed by atoms with Gasteiger partial charge in [-0.05, 0) is 32.6 Å². The van der Waals surface area contributed by atoms with Gasteiger partial charge in [0.1, 0.15) is 6.54 Å². The van der Waals surface area contributed by atoms with E-state index in [1.165, 1.54) is 9.80 Å². The van der Waals surface area contributed by atoms with E-state index in [0.29, 0.717) is 38.6 Å². The standard InChI is InChI=1S/C15H26N4O3/c1-3-17-7-8-19(15(22)14(17)21)10-13(20)18-6-4-5-12(9-18)11(2)16/h11-12H,3-10,16H2,1-2H3. The van der Waals surface area contributed by atoms with Crippen LogP contribution in [-0.2, 0) is 14.4 Å². The molecule has 0 bridgehead atoms. The fraction of sp³-hybridized carbons (Fsp3) is 0.800. The van der Waals surface area contributed by atoms with Crippen molar-refractivity contribution in [3.8, 4) is 0 Å². The molecule has 0 aromatic rings. The molecule has 2 unspecified atom stereocenters. The van der Waals surface area contributed by atoms with Crippen LogP contribution >= 0.6 is 0 Å². The van der Waals surface area contributed by atoms with Crippen molar-refractivity contribution < 1.29 is 14.4 Å². The highest BCUT2D eigenvalue weighted by atomic mass is 16.2. The van der Waals surface area contributed by atoms with E-state index in [4.69, 9.17) is 5.73 Å². The van der Waals surface area contributed by atoms with Crippen LogP contribution in [0.4, 0.5) is 0 Å². The smallest absolute Gasteiger partial charge is 0.312 e. The van der Waals surface area contributed by atoms with Gasteiger partial charge < -0.3 is 20.4 Å². The molecule has 2 aliphatic heterocycles. The number of piperazine rings is 1. The highest BCUT2D eigenvalue weighted by Crippen LogP contribution is 2.19. The molecule has 0 aromatic heterocycles. The number of rotatable bonds is 4. The van der Waals surface area contributed by atoms with Crippen molar-refractivity contribution in [1.82, 2.24) is 14.7 Å². The van der Waals surface area contributed by atoms with E-state index in [-0.39, 0.29) is 18.5 Å². The molecule has 0 aromatic carbocycles. The van der Waals surface area contributed by atoms with Crippen LogP contribution in [0.1, 0.15) is 26.7 Å². The average Bonchev–Trinajstić information content (AvgIpc) is 2.52. The maximum atomic E-state index is 12.4. The number of likely N-dealkylation sites (tertiary alicyclic amines) is 1. The first kappa shape index (κ1) is 16.7. The van der Waals surface area contributed by atoms with Crippen LogP contribution in [0.15, 0.2) is 0 Å². The van der Waals surface area contributed by atoms with Crippen molar-refractivity contribution in [1.29, 1.82) is 0 Å². The summed E-state index contributed by atoms with van der Waals surface area (Å²) in [5.74, 6) is -0.848. The summed E-state index contributed by atoms with van der Waals surface area (Å²) in [6.07, 6.45) is 1.97. The predicted octanol–water partition coefficient (Wildman–Crippen LogP) is -0.737. The molecule has 2 rings (SSSR count). The average molecular weight is 310 g/mol. The first-order valence-corrected chi connectivity index (χ1v) is 8.05. The molecule has 7 nitrogen and oxygen atoms in total. The first-order valence-electron chi connectivity index (χ1n) is 8.05. The van der Waals surface area contributed by atoms with Gasteiger partial charge in [0.05, 0.1) is 0 Å². The number of carbonyl (C=O) groups excluding carboxylic acids is 3. The second kappa shape index (κ2) is 7.09. The third-order valence-electron chi connectivity index (χ3n) is 4.66. The molecule has 2 aliphatic rings. The Morgan fingerprint density at radius 3 is 2.50 bits per heavy atom. The minimum absolute atomic E-state index is 0.00615. The lowest BCUT2D eigenvalue weighted by molar-refractivity contribution is -0.157. The molecule has 22 heavy (non-hydrogen) atoms. The molecule has 2 atom stereocenters. The lowest BCUT2D eigenvalue weighted by atomic mass is 9.92. The Kier molecular flexibility index (Phi) is 5.39. The number of hydrogen-bond donors (Lipinski definition) is 1. The molecule has 124 valence electrons. The minimum atomic E-state index is -0.567. The summed E-state index contributed by atoms with van der Waals surface area (Å²) in [5.41, 5.74) is 5.93. The van der Waals surface area contributed by atoms with Gasteiger partial charge in [-0.1, -0.05) is 0 Å². The van der Waals surface area contributed by atoms with Crippen molar-refractivity contribution in [2.45, 2.75) is 32.7 Å². The van der Waals surface area contributed by atoms with E-state index in [9.17, 15) is 14.4 Å². The van der Waals surface area contributed by atoms with Crippen molar-refractivity contribution in [3.05, 3.63) is 0 Å². The number of amides is 3. The van der Waals surface area contributed by atoms with E-state index < -0.39 is 11.8 Å². The van der Waals surface area contributed by atoms with Gasteiger partial charge in [-0.2, -0.15) is 0 Å². The van der Waals surface area contributed by atoms with E-state index in [0.717, 1.165) is 12.8 Å². The zero-order chi connectivity index (χ0) is 16.3. The fourth-order valence-electron chi connectivity index (χ4n) is 3.10. The summed E-state index contributed by atoms with van der Waals surface area (Å²) in [5, 5.41) is 0. The topological polar surface area (TPSA) is 86.9 Å². The minimum Gasteiger partial charge on any atom is -0.341 e. The highest BCUT2D eigenvalue weighted by Gasteiger charge is 2.34. The van der Waals surface area contributed by atoms with Gasteiger partial charge >= 0.3 is 11.8 Å². The third-order valence-corrected chi connectivity index (χ3v) is 4.66. The van der Waals surface area contributed by atoms with Gasteiger partial charge in [-0.15, -0.1) is 0 Å². The number of likely N-dealkylation sites (N-methyl/N-ethyl adjacent to an activating group) is 1. The van der Waals surface area contributed by atoms with Gasteiger partial charge in [-0.3, -0.25) is 14.4 Å². The van der Waals surface area contributed by atoms with E-state index in [1.54, 1.807) is 4.90 Å². The maximum Gasteiger partial charge on any atom is 0.312 e. The summed E-state index contributed by atoms with van der Waals surface area (Å²) in [7, 11) is 0. The van der Waals surface area contributed by atoms with Gasteiger partial charge in [-0.25, -0.2) is 0 Å². The van der Waals surface area contributed by atoms with Gasteiger partial charge in [0.25, 0.3) is 0 Å². The Balaban J connectivity index is 1.92.